The van der Waals surface area contributed by atoms with Crippen LogP contribution in [0.25, 0.3) is 0 Å². The number of aliphatic hydroxyl groups excluding tert-OH is 2. The quantitative estimate of drug-likeness (QED) is 0.0649. The molecular weight excluding hydrogens is 508 g/mol. The highest BCUT2D eigenvalue weighted by Crippen LogP contribution is 2.19. The Balaban J connectivity index is 4.72. The molecule has 0 amide bonds. The minimum atomic E-state index is -0.352. The van der Waals surface area contributed by atoms with E-state index in [0.29, 0.717) is 19.6 Å². The van der Waals surface area contributed by atoms with Gasteiger partial charge in [0, 0.05) is 52.4 Å². The van der Waals surface area contributed by atoms with E-state index in [2.05, 4.69) is 42.8 Å². The van der Waals surface area contributed by atoms with Gasteiger partial charge in [0.15, 0.2) is 0 Å². The van der Waals surface area contributed by atoms with Gasteiger partial charge >= 0.3 is 0 Å². The maximum Gasteiger partial charge on any atom is 0.0692 e. The SMILES string of the molecule is CCCCCCCCCCC(C)C(O)CN(CCN(CCN)CCNC)CC(O)C(C)CCCCCCCCCC. The van der Waals surface area contributed by atoms with Gasteiger partial charge in [-0.15, -0.1) is 0 Å². The van der Waals surface area contributed by atoms with Gasteiger partial charge in [0.05, 0.1) is 12.2 Å². The molecule has 0 saturated heterocycles. The molecule has 0 aromatic rings. The molecule has 0 radical (unpaired) electrons. The smallest absolute Gasteiger partial charge is 0.0692 e. The number of nitrogens with two attached hydrogens (primary N) is 1. The van der Waals surface area contributed by atoms with Crippen LogP contribution in [0.5, 0.6) is 0 Å². The third-order valence-corrected chi connectivity index (χ3v) is 9.09. The van der Waals surface area contributed by atoms with Crippen LogP contribution in [0.2, 0.25) is 0 Å². The second-order valence-corrected chi connectivity index (χ2v) is 13.1. The number of nitrogens with one attached hydrogen (secondary N) is 1. The summed E-state index contributed by atoms with van der Waals surface area (Å²) in [7, 11) is 1.99. The van der Waals surface area contributed by atoms with Crippen molar-refractivity contribution in [1.82, 2.24) is 15.1 Å². The fraction of sp³-hybridized carbons (Fsp3) is 1.00. The van der Waals surface area contributed by atoms with Crippen molar-refractivity contribution in [2.75, 3.05) is 59.4 Å². The molecule has 4 atom stereocenters. The van der Waals surface area contributed by atoms with E-state index in [-0.39, 0.29) is 24.0 Å². The molecule has 0 heterocycles. The molecule has 0 aromatic carbocycles. The molecule has 248 valence electrons. The van der Waals surface area contributed by atoms with E-state index in [9.17, 15) is 10.2 Å². The van der Waals surface area contributed by atoms with Gasteiger partial charge in [-0.25, -0.2) is 0 Å². The van der Waals surface area contributed by atoms with Gasteiger partial charge in [-0.3, -0.25) is 9.80 Å². The maximum absolute atomic E-state index is 11.2. The summed E-state index contributed by atoms with van der Waals surface area (Å²) >= 11 is 0. The highest BCUT2D eigenvalue weighted by atomic mass is 16.3. The first-order valence-corrected chi connectivity index (χ1v) is 18.0. The number of nitrogens with zero attached hydrogens (tertiary/aromatic N) is 2. The molecule has 5 N–H and O–H groups in total. The number of hydrogen-bond acceptors (Lipinski definition) is 6. The summed E-state index contributed by atoms with van der Waals surface area (Å²) < 4.78 is 0. The predicted molar refractivity (Wildman–Crippen MR) is 181 cm³/mol. The molecule has 0 aliphatic carbocycles. The van der Waals surface area contributed by atoms with Gasteiger partial charge in [0.2, 0.25) is 0 Å². The Hall–Kier alpha value is -0.240. The molecule has 0 bridgehead atoms. The largest absolute Gasteiger partial charge is 0.392 e. The van der Waals surface area contributed by atoms with Gasteiger partial charge in [-0.1, -0.05) is 130 Å². The minimum Gasteiger partial charge on any atom is -0.392 e. The van der Waals surface area contributed by atoms with Crippen molar-refractivity contribution < 1.29 is 10.2 Å². The van der Waals surface area contributed by atoms with E-state index in [1.54, 1.807) is 0 Å². The average molecular weight is 585 g/mol. The molecule has 0 aromatic heterocycles. The molecule has 0 saturated carbocycles. The van der Waals surface area contributed by atoms with Crippen molar-refractivity contribution in [3.05, 3.63) is 0 Å². The maximum atomic E-state index is 11.2. The van der Waals surface area contributed by atoms with E-state index in [1.165, 1.54) is 103 Å². The third-order valence-electron chi connectivity index (χ3n) is 9.09. The highest BCUT2D eigenvalue weighted by Gasteiger charge is 2.23. The van der Waals surface area contributed by atoms with Crippen LogP contribution >= 0.6 is 0 Å². The van der Waals surface area contributed by atoms with Crippen molar-refractivity contribution in [3.8, 4) is 0 Å². The Kier molecular flexibility index (Phi) is 29.6. The van der Waals surface area contributed by atoms with Crippen LogP contribution in [0.3, 0.4) is 0 Å². The molecule has 0 fully saturated rings. The number of likely N-dealkylation sites (N-methyl/N-ethyl adjacent to an activating group) is 1. The fourth-order valence-corrected chi connectivity index (χ4v) is 5.80. The van der Waals surface area contributed by atoms with Crippen LogP contribution in [0.15, 0.2) is 0 Å². The lowest BCUT2D eigenvalue weighted by Gasteiger charge is -2.33. The molecule has 0 aliphatic rings. The van der Waals surface area contributed by atoms with Crippen LogP contribution < -0.4 is 11.1 Å². The average Bonchev–Trinajstić information content (AvgIpc) is 2.96. The van der Waals surface area contributed by atoms with Crippen molar-refractivity contribution >= 4 is 0 Å². The van der Waals surface area contributed by atoms with Crippen molar-refractivity contribution in [1.29, 1.82) is 0 Å². The van der Waals surface area contributed by atoms with Crippen LogP contribution in [0.1, 0.15) is 143 Å². The Bertz CT molecular complexity index is 490. The summed E-state index contributed by atoms with van der Waals surface area (Å²) in [6.07, 6.45) is 22.6. The third kappa shape index (κ3) is 24.9. The Labute approximate surface area is 257 Å². The molecule has 41 heavy (non-hydrogen) atoms. The summed E-state index contributed by atoms with van der Waals surface area (Å²) in [5.41, 5.74) is 5.89. The van der Waals surface area contributed by atoms with Gasteiger partial charge in [0.25, 0.3) is 0 Å². The molecule has 6 nitrogen and oxygen atoms in total. The Morgan fingerprint density at radius 3 is 1.34 bits per heavy atom. The van der Waals surface area contributed by atoms with E-state index in [4.69, 9.17) is 5.73 Å². The molecule has 0 aliphatic heterocycles. The number of rotatable bonds is 32. The Morgan fingerprint density at radius 1 is 0.561 bits per heavy atom. The summed E-state index contributed by atoms with van der Waals surface area (Å²) in [5.74, 6) is 0.572. The molecule has 0 spiro atoms. The van der Waals surface area contributed by atoms with E-state index >= 15 is 0 Å². The fourth-order valence-electron chi connectivity index (χ4n) is 5.80. The van der Waals surface area contributed by atoms with Gasteiger partial charge in [-0.2, -0.15) is 0 Å². The van der Waals surface area contributed by atoms with Gasteiger partial charge in [-0.05, 0) is 31.7 Å². The minimum absolute atomic E-state index is 0.286. The first-order chi connectivity index (χ1) is 19.9. The lowest BCUT2D eigenvalue weighted by atomic mass is 9.94. The second-order valence-electron chi connectivity index (χ2n) is 13.1. The zero-order chi connectivity index (χ0) is 30.6. The molecule has 0 rings (SSSR count). The lowest BCUT2D eigenvalue weighted by molar-refractivity contribution is 0.0219. The summed E-state index contributed by atoms with van der Waals surface area (Å²) in [6, 6.07) is 0. The van der Waals surface area contributed by atoms with Crippen LogP contribution in [0, 0.1) is 11.8 Å². The zero-order valence-corrected chi connectivity index (χ0v) is 28.6. The van der Waals surface area contributed by atoms with Crippen molar-refractivity contribution in [3.63, 3.8) is 0 Å². The molecule has 6 heteroatoms. The van der Waals surface area contributed by atoms with Crippen LogP contribution in [-0.2, 0) is 0 Å². The molecular formula is C35H76N4O2. The first kappa shape index (κ1) is 40.8. The number of unbranched alkanes of at least 4 members (excludes halogenated alkanes) is 14. The van der Waals surface area contributed by atoms with E-state index < -0.39 is 0 Å². The van der Waals surface area contributed by atoms with E-state index in [1.807, 2.05) is 7.05 Å². The van der Waals surface area contributed by atoms with Crippen LogP contribution in [-0.4, -0.2) is 91.6 Å². The Morgan fingerprint density at radius 2 is 0.951 bits per heavy atom. The number of aliphatic hydroxyl groups is 2. The standard InChI is InChI=1S/C35H76N4O2/c1-6-8-10-12-14-16-18-20-22-32(3)34(40)30-39(29-28-38(26-24-36)27-25-37-5)31-35(41)33(4)23-21-19-17-15-13-11-9-7-2/h32-35,37,40-41H,6-31,36H2,1-5H3. The molecule has 4 unspecified atom stereocenters. The van der Waals surface area contributed by atoms with Gasteiger partial charge < -0.3 is 21.3 Å². The normalized spacial score (nSPS) is 15.1. The predicted octanol–water partition coefficient (Wildman–Crippen LogP) is 6.82. The summed E-state index contributed by atoms with van der Waals surface area (Å²) in [5, 5.41) is 25.6. The summed E-state index contributed by atoms with van der Waals surface area (Å²) in [6.45, 7) is 15.4. The monoisotopic (exact) mass is 585 g/mol. The zero-order valence-electron chi connectivity index (χ0n) is 28.6. The highest BCUT2D eigenvalue weighted by molar-refractivity contribution is 4.77. The van der Waals surface area contributed by atoms with E-state index in [0.717, 1.165) is 45.6 Å². The van der Waals surface area contributed by atoms with Crippen molar-refractivity contribution in [2.45, 2.75) is 155 Å². The summed E-state index contributed by atoms with van der Waals surface area (Å²) in [4.78, 5) is 4.73. The lowest BCUT2D eigenvalue weighted by Crippen LogP contribution is -2.46. The second kappa shape index (κ2) is 29.8. The first-order valence-electron chi connectivity index (χ1n) is 18.0. The topological polar surface area (TPSA) is 85.0 Å². The van der Waals surface area contributed by atoms with Crippen molar-refractivity contribution in [2.24, 2.45) is 17.6 Å². The number of hydrogen-bond donors (Lipinski definition) is 4. The van der Waals surface area contributed by atoms with Gasteiger partial charge in [0.1, 0.15) is 0 Å². The van der Waals surface area contributed by atoms with Crippen LogP contribution in [0.4, 0.5) is 0 Å².